The van der Waals surface area contributed by atoms with Gasteiger partial charge in [-0.05, 0) is 30.9 Å². The SMILES string of the molecule is COCc1ccc2c(c1C1(N)CCC1)OCO2. The second-order valence-corrected chi connectivity index (χ2v) is 4.78. The minimum absolute atomic E-state index is 0.257. The van der Waals surface area contributed by atoms with Crippen molar-refractivity contribution in [2.24, 2.45) is 5.73 Å². The molecule has 0 bridgehead atoms. The van der Waals surface area contributed by atoms with Gasteiger partial charge in [-0.3, -0.25) is 0 Å². The van der Waals surface area contributed by atoms with Crippen molar-refractivity contribution in [3.63, 3.8) is 0 Å². The van der Waals surface area contributed by atoms with E-state index in [0.717, 1.165) is 35.5 Å². The van der Waals surface area contributed by atoms with Crippen molar-refractivity contribution >= 4 is 0 Å². The molecule has 0 spiro atoms. The smallest absolute Gasteiger partial charge is 0.231 e. The van der Waals surface area contributed by atoms with Gasteiger partial charge >= 0.3 is 0 Å². The predicted octanol–water partition coefficient (Wildman–Crippen LogP) is 1.90. The van der Waals surface area contributed by atoms with Crippen LogP contribution in [0.2, 0.25) is 0 Å². The summed E-state index contributed by atoms with van der Waals surface area (Å²) in [5, 5.41) is 0. The molecule has 2 N–H and O–H groups in total. The lowest BCUT2D eigenvalue weighted by atomic mass is 9.71. The number of methoxy groups -OCH3 is 1. The van der Waals surface area contributed by atoms with E-state index in [0.29, 0.717) is 6.61 Å². The summed E-state index contributed by atoms with van der Waals surface area (Å²) in [5.41, 5.74) is 8.37. The van der Waals surface area contributed by atoms with Gasteiger partial charge in [0, 0.05) is 18.2 Å². The topological polar surface area (TPSA) is 53.7 Å². The van der Waals surface area contributed by atoms with E-state index in [1.165, 1.54) is 6.42 Å². The van der Waals surface area contributed by atoms with E-state index in [4.69, 9.17) is 19.9 Å². The van der Waals surface area contributed by atoms with Gasteiger partial charge in [0.1, 0.15) is 0 Å². The number of hydrogen-bond acceptors (Lipinski definition) is 4. The first-order valence-electron chi connectivity index (χ1n) is 5.94. The van der Waals surface area contributed by atoms with Gasteiger partial charge in [-0.15, -0.1) is 0 Å². The minimum Gasteiger partial charge on any atom is -0.454 e. The summed E-state index contributed by atoms with van der Waals surface area (Å²) in [6.45, 7) is 0.847. The average molecular weight is 235 g/mol. The number of fused-ring (bicyclic) bond motifs is 1. The second-order valence-electron chi connectivity index (χ2n) is 4.78. The van der Waals surface area contributed by atoms with Crippen molar-refractivity contribution in [2.75, 3.05) is 13.9 Å². The molecule has 4 nitrogen and oxygen atoms in total. The van der Waals surface area contributed by atoms with Crippen molar-refractivity contribution in [1.82, 2.24) is 0 Å². The van der Waals surface area contributed by atoms with Crippen LogP contribution < -0.4 is 15.2 Å². The maximum atomic E-state index is 6.44. The van der Waals surface area contributed by atoms with Crippen LogP contribution in [0, 0.1) is 0 Å². The predicted molar refractivity (Wildman–Crippen MR) is 63.0 cm³/mol. The van der Waals surface area contributed by atoms with Crippen LogP contribution in [0.4, 0.5) is 0 Å². The molecule has 1 fully saturated rings. The molecule has 0 aromatic heterocycles. The second kappa shape index (κ2) is 3.89. The number of ether oxygens (including phenoxy) is 3. The molecule has 1 aromatic rings. The Hall–Kier alpha value is -1.26. The first-order valence-corrected chi connectivity index (χ1v) is 5.94. The number of hydrogen-bond donors (Lipinski definition) is 1. The quantitative estimate of drug-likeness (QED) is 0.869. The Morgan fingerprint density at radius 2 is 2.18 bits per heavy atom. The molecule has 92 valence electrons. The van der Waals surface area contributed by atoms with Crippen molar-refractivity contribution in [3.05, 3.63) is 23.3 Å². The van der Waals surface area contributed by atoms with Gasteiger partial charge in [-0.2, -0.15) is 0 Å². The van der Waals surface area contributed by atoms with E-state index in [2.05, 4.69) is 0 Å². The zero-order valence-corrected chi connectivity index (χ0v) is 9.99. The van der Waals surface area contributed by atoms with Crippen LogP contribution in [-0.2, 0) is 16.9 Å². The Labute approximate surface area is 101 Å². The Morgan fingerprint density at radius 3 is 2.82 bits per heavy atom. The number of nitrogens with two attached hydrogens (primary N) is 1. The molecule has 1 aromatic carbocycles. The van der Waals surface area contributed by atoms with Crippen molar-refractivity contribution < 1.29 is 14.2 Å². The lowest BCUT2D eigenvalue weighted by Crippen LogP contribution is -2.44. The fourth-order valence-corrected chi connectivity index (χ4v) is 2.64. The molecule has 0 unspecified atom stereocenters. The maximum Gasteiger partial charge on any atom is 0.231 e. The van der Waals surface area contributed by atoms with E-state index in [1.807, 2.05) is 12.1 Å². The van der Waals surface area contributed by atoms with Crippen molar-refractivity contribution in [1.29, 1.82) is 0 Å². The van der Waals surface area contributed by atoms with Crippen LogP contribution in [0.3, 0.4) is 0 Å². The Bertz CT molecular complexity index is 441. The highest BCUT2D eigenvalue weighted by Gasteiger charge is 2.40. The molecule has 2 aliphatic rings. The van der Waals surface area contributed by atoms with E-state index in [-0.39, 0.29) is 12.3 Å². The van der Waals surface area contributed by atoms with Crippen LogP contribution in [0.15, 0.2) is 12.1 Å². The minimum atomic E-state index is -0.257. The summed E-state index contributed by atoms with van der Waals surface area (Å²) in [4.78, 5) is 0. The standard InChI is InChI=1S/C13H17NO3/c1-15-7-9-3-4-10-12(17-8-16-10)11(9)13(14)5-2-6-13/h3-4H,2,5-8,14H2,1H3. The van der Waals surface area contributed by atoms with Gasteiger partial charge in [0.25, 0.3) is 0 Å². The van der Waals surface area contributed by atoms with Crippen LogP contribution in [0.5, 0.6) is 11.5 Å². The molecular weight excluding hydrogens is 218 g/mol. The van der Waals surface area contributed by atoms with Crippen LogP contribution >= 0.6 is 0 Å². The van der Waals surface area contributed by atoms with Gasteiger partial charge in [0.15, 0.2) is 11.5 Å². The van der Waals surface area contributed by atoms with E-state index in [9.17, 15) is 0 Å². The van der Waals surface area contributed by atoms with Gasteiger partial charge in [0.2, 0.25) is 6.79 Å². The van der Waals surface area contributed by atoms with E-state index in [1.54, 1.807) is 7.11 Å². The molecule has 1 aliphatic heterocycles. The largest absolute Gasteiger partial charge is 0.454 e. The highest BCUT2D eigenvalue weighted by molar-refractivity contribution is 5.55. The van der Waals surface area contributed by atoms with E-state index >= 15 is 0 Å². The Kier molecular flexibility index (Phi) is 2.49. The highest BCUT2D eigenvalue weighted by atomic mass is 16.7. The Balaban J connectivity index is 2.11. The van der Waals surface area contributed by atoms with Crippen molar-refractivity contribution in [3.8, 4) is 11.5 Å². The van der Waals surface area contributed by atoms with Crippen LogP contribution in [0.1, 0.15) is 30.4 Å². The lowest BCUT2D eigenvalue weighted by Gasteiger charge is -2.40. The summed E-state index contributed by atoms with van der Waals surface area (Å²) in [6, 6.07) is 3.96. The lowest BCUT2D eigenvalue weighted by molar-refractivity contribution is 0.163. The van der Waals surface area contributed by atoms with Crippen LogP contribution in [-0.4, -0.2) is 13.9 Å². The zero-order valence-electron chi connectivity index (χ0n) is 9.99. The van der Waals surface area contributed by atoms with Gasteiger partial charge in [-0.25, -0.2) is 0 Å². The fourth-order valence-electron chi connectivity index (χ4n) is 2.64. The number of benzene rings is 1. The molecule has 17 heavy (non-hydrogen) atoms. The summed E-state index contributed by atoms with van der Waals surface area (Å²) in [6.07, 6.45) is 3.18. The Morgan fingerprint density at radius 1 is 1.35 bits per heavy atom. The van der Waals surface area contributed by atoms with E-state index < -0.39 is 0 Å². The molecule has 0 atom stereocenters. The monoisotopic (exact) mass is 235 g/mol. The summed E-state index contributed by atoms with van der Waals surface area (Å²) in [5.74, 6) is 1.62. The third-order valence-corrected chi connectivity index (χ3v) is 3.67. The molecule has 0 saturated heterocycles. The summed E-state index contributed by atoms with van der Waals surface area (Å²) in [7, 11) is 1.69. The fraction of sp³-hybridized carbons (Fsp3) is 0.538. The molecular formula is C13H17NO3. The highest BCUT2D eigenvalue weighted by Crippen LogP contribution is 2.49. The molecule has 4 heteroatoms. The first-order chi connectivity index (χ1) is 8.24. The summed E-state index contributed by atoms with van der Waals surface area (Å²) < 4.78 is 16.2. The average Bonchev–Trinajstić information content (AvgIpc) is 2.74. The summed E-state index contributed by atoms with van der Waals surface area (Å²) >= 11 is 0. The molecule has 3 rings (SSSR count). The first kappa shape index (κ1) is 10.9. The molecule has 0 radical (unpaired) electrons. The van der Waals surface area contributed by atoms with Crippen LogP contribution in [0.25, 0.3) is 0 Å². The zero-order chi connectivity index (χ0) is 11.9. The van der Waals surface area contributed by atoms with Gasteiger partial charge in [0.05, 0.1) is 6.61 Å². The van der Waals surface area contributed by atoms with Crippen molar-refractivity contribution in [2.45, 2.75) is 31.4 Å². The normalized spacial score (nSPS) is 20.1. The third kappa shape index (κ3) is 1.59. The molecule has 1 saturated carbocycles. The maximum absolute atomic E-state index is 6.44. The van der Waals surface area contributed by atoms with Gasteiger partial charge in [-0.1, -0.05) is 6.07 Å². The number of rotatable bonds is 3. The molecule has 1 aliphatic carbocycles. The molecule has 0 amide bonds. The third-order valence-electron chi connectivity index (χ3n) is 3.67. The van der Waals surface area contributed by atoms with Gasteiger partial charge < -0.3 is 19.9 Å². The molecule has 1 heterocycles.